The lowest BCUT2D eigenvalue weighted by molar-refractivity contribution is -0.292. The van der Waals surface area contributed by atoms with E-state index in [1.165, 1.54) is 12.2 Å². The lowest BCUT2D eigenvalue weighted by Gasteiger charge is -2.47. The summed E-state index contributed by atoms with van der Waals surface area (Å²) in [6.45, 7) is 12.1. The Morgan fingerprint density at radius 2 is 1.51 bits per heavy atom. The number of rotatable bonds is 14. The van der Waals surface area contributed by atoms with Gasteiger partial charge in [-0.3, -0.25) is 24.1 Å². The zero-order chi connectivity index (χ0) is 48.0. The van der Waals surface area contributed by atoms with E-state index in [1.54, 1.807) is 7.11 Å². The summed E-state index contributed by atoms with van der Waals surface area (Å²) in [6.07, 6.45) is 5.27. The van der Waals surface area contributed by atoms with Crippen LogP contribution in [-0.2, 0) is 71.3 Å². The van der Waals surface area contributed by atoms with Gasteiger partial charge in [0.2, 0.25) is 5.91 Å². The first-order chi connectivity index (χ1) is 33.3. The predicted molar refractivity (Wildman–Crippen MR) is 242 cm³/mol. The lowest BCUT2D eigenvalue weighted by atomic mass is 9.81. The van der Waals surface area contributed by atoms with E-state index in [0.717, 1.165) is 54.6 Å². The van der Waals surface area contributed by atoms with Crippen molar-refractivity contribution in [3.8, 4) is 0 Å². The number of amides is 3. The van der Waals surface area contributed by atoms with E-state index in [2.05, 4.69) is 25.4 Å². The van der Waals surface area contributed by atoms with E-state index in [1.807, 2.05) is 0 Å². The molecule has 0 aromatic carbocycles. The molecular weight excluding hydrogens is 897 g/mol. The molecule has 1 spiro atoms. The number of aliphatic hydroxyl groups excluding tert-OH is 1. The molecule has 11 rings (SSSR count). The number of fused-ring (bicyclic) bond motifs is 6. The van der Waals surface area contributed by atoms with Crippen LogP contribution < -0.4 is 5.32 Å². The van der Waals surface area contributed by atoms with Crippen LogP contribution in [0.3, 0.4) is 0 Å². The fourth-order valence-corrected chi connectivity index (χ4v) is 12.9. The highest BCUT2D eigenvalue weighted by molar-refractivity contribution is 6.12. The molecule has 0 aliphatic carbocycles. The normalized spacial score (nSPS) is 43.3. The van der Waals surface area contributed by atoms with Crippen LogP contribution in [0.5, 0.6) is 0 Å². The Morgan fingerprint density at radius 1 is 0.783 bits per heavy atom. The van der Waals surface area contributed by atoms with Crippen molar-refractivity contribution in [2.24, 2.45) is 11.8 Å². The van der Waals surface area contributed by atoms with E-state index in [0.29, 0.717) is 25.7 Å². The Labute approximate surface area is 404 Å². The second-order valence-electron chi connectivity index (χ2n) is 21.1. The van der Waals surface area contributed by atoms with E-state index in [9.17, 15) is 24.3 Å². The van der Waals surface area contributed by atoms with Crippen LogP contribution >= 0.6 is 0 Å². The van der Waals surface area contributed by atoms with E-state index >= 15 is 0 Å². The van der Waals surface area contributed by atoms with Crippen LogP contribution in [0.25, 0.3) is 0 Å². The Bertz CT molecular complexity index is 1950. The van der Waals surface area contributed by atoms with E-state index < -0.39 is 36.3 Å². The molecule has 3 amide bonds. The first kappa shape index (κ1) is 49.6. The number of imide groups is 1. The molecule has 11 heterocycles. The van der Waals surface area contributed by atoms with Gasteiger partial charge in [0.25, 0.3) is 11.8 Å². The third-order valence-corrected chi connectivity index (χ3v) is 16.4. The molecule has 0 saturated carbocycles. The van der Waals surface area contributed by atoms with Crippen molar-refractivity contribution in [2.75, 3.05) is 46.6 Å². The minimum Gasteiger partial charge on any atom is -0.391 e. The maximum atomic E-state index is 14.3. The quantitative estimate of drug-likeness (QED) is 0.146. The Balaban J connectivity index is 0.777. The maximum Gasteiger partial charge on any atom is 0.253 e. The number of ether oxygens (including phenoxy) is 11. The van der Waals surface area contributed by atoms with Crippen molar-refractivity contribution in [3.05, 3.63) is 36.5 Å². The summed E-state index contributed by atoms with van der Waals surface area (Å²) in [5.41, 5.74) is 2.11. The molecule has 10 saturated heterocycles. The van der Waals surface area contributed by atoms with Crippen LogP contribution in [0.4, 0.5) is 0 Å². The number of carbonyl (C=O) groups excluding carboxylic acids is 4. The summed E-state index contributed by atoms with van der Waals surface area (Å²) >= 11 is 0. The van der Waals surface area contributed by atoms with Crippen molar-refractivity contribution in [2.45, 2.75) is 200 Å². The van der Waals surface area contributed by atoms with Gasteiger partial charge in [-0.15, -0.1) is 0 Å². The van der Waals surface area contributed by atoms with Gasteiger partial charge in [-0.25, -0.2) is 0 Å². The topological polar surface area (TPSA) is 205 Å². The molecule has 2 N–H and O–H groups in total. The highest BCUT2D eigenvalue weighted by Gasteiger charge is 2.69. The van der Waals surface area contributed by atoms with Gasteiger partial charge < -0.3 is 62.5 Å². The molecule has 0 radical (unpaired) electrons. The van der Waals surface area contributed by atoms with Gasteiger partial charge >= 0.3 is 0 Å². The highest BCUT2D eigenvalue weighted by Crippen LogP contribution is 2.54. The molecule has 18 heteroatoms. The molecule has 11 aliphatic rings. The average Bonchev–Trinajstić information content (AvgIpc) is 4.08. The van der Waals surface area contributed by atoms with Gasteiger partial charge in [-0.05, 0) is 62.0 Å². The molecule has 11 aliphatic heterocycles. The third-order valence-electron chi connectivity index (χ3n) is 16.4. The Hall–Kier alpha value is -2.98. The maximum absolute atomic E-state index is 14.3. The number of Topliss-reactive ketones (excluding diaryl/α,β-unsaturated/α-hetero) is 1. The summed E-state index contributed by atoms with van der Waals surface area (Å²) in [5.74, 6) is -1.92. The van der Waals surface area contributed by atoms with E-state index in [4.69, 9.17) is 52.1 Å². The van der Waals surface area contributed by atoms with Gasteiger partial charge in [0, 0.05) is 76.7 Å². The molecule has 0 aromatic rings. The first-order valence-electron chi connectivity index (χ1n) is 25.7. The fraction of sp³-hybridized carbons (Fsp3) is 0.804. The molecule has 382 valence electrons. The number of carbonyl (C=O) groups is 4. The van der Waals surface area contributed by atoms with Crippen molar-refractivity contribution in [1.82, 2.24) is 10.2 Å². The molecule has 12 bridgehead atoms. The summed E-state index contributed by atoms with van der Waals surface area (Å²) in [7, 11) is 1.61. The Kier molecular flexibility index (Phi) is 15.3. The van der Waals surface area contributed by atoms with Crippen LogP contribution in [-0.4, -0.2) is 184 Å². The number of aliphatic hydroxyl groups is 1. The minimum absolute atomic E-state index is 0.00785. The second-order valence-corrected chi connectivity index (χ2v) is 21.1. The zero-order valence-electron chi connectivity index (χ0n) is 40.1. The number of hydrogen-bond donors (Lipinski definition) is 2. The van der Waals surface area contributed by atoms with Crippen LogP contribution in [0, 0.1) is 11.8 Å². The second kappa shape index (κ2) is 21.2. The summed E-state index contributed by atoms with van der Waals surface area (Å²) in [5, 5.41) is 14.1. The summed E-state index contributed by atoms with van der Waals surface area (Å²) in [4.78, 5) is 51.5. The van der Waals surface area contributed by atoms with Gasteiger partial charge in [0.15, 0.2) is 5.79 Å². The number of nitrogens with one attached hydrogen (secondary N) is 1. The molecule has 0 unspecified atom stereocenters. The molecular formula is C51H72N2O16. The molecule has 19 atom stereocenters. The Morgan fingerprint density at radius 3 is 2.32 bits per heavy atom. The van der Waals surface area contributed by atoms with Gasteiger partial charge in [-0.1, -0.05) is 20.1 Å². The van der Waals surface area contributed by atoms with E-state index in [-0.39, 0.29) is 168 Å². The molecule has 0 aromatic heterocycles. The van der Waals surface area contributed by atoms with Crippen molar-refractivity contribution < 1.29 is 76.4 Å². The lowest BCUT2D eigenvalue weighted by Crippen LogP contribution is -2.61. The predicted octanol–water partition coefficient (Wildman–Crippen LogP) is 2.94. The van der Waals surface area contributed by atoms with Crippen LogP contribution in [0.1, 0.15) is 96.8 Å². The summed E-state index contributed by atoms with van der Waals surface area (Å²) in [6, 6.07) is 0. The monoisotopic (exact) mass is 968 g/mol. The zero-order valence-corrected chi connectivity index (χ0v) is 40.1. The molecule has 18 nitrogen and oxygen atoms in total. The SMILES string of the molecule is C=C1C[C@@H]2CC[C@@]34C[C@H]5O[C@H]6[C@@H](O3)[C@H]3O[C@H](CC[C@@H]3O[C@H]6[C@H]5O4)CC(=O)C[C@@H]3[C@@H](OC)[C@@H](C[C@H](O)CNC(=O)CCOCCOCCN4C(=O)C=CC4=O)O[C@H]3C[C@H]3O[C@@H](CC[C@@H]1O2)C[C@@H](C)C3=C. The van der Waals surface area contributed by atoms with Gasteiger partial charge in [0.1, 0.15) is 36.3 Å². The smallest absolute Gasteiger partial charge is 0.253 e. The number of nitrogens with zero attached hydrogens (tertiary/aromatic N) is 1. The first-order valence-corrected chi connectivity index (χ1v) is 25.7. The number of methoxy groups -OCH3 is 1. The number of hydrogen-bond acceptors (Lipinski definition) is 16. The van der Waals surface area contributed by atoms with Crippen molar-refractivity contribution >= 4 is 23.5 Å². The standard InChI is InChI=1S/C51H72N2O16/c1-27-19-32-5-7-36-28(2)20-34(62-36)11-13-51-25-41-47(68-51)48-49(67-41)50(69-51)46-37(66-48)8-6-33(64-46)21-30(54)22-35-39(24-38(63-32)29(27)3)65-40(45(35)59-4)23-31(55)26-52-42(56)12-15-60-17-18-61-16-14-53-43(57)9-10-44(53)58/h9-10,27,31-41,45-50,55H,2-3,5-8,11-26H2,1,4H3,(H,52,56)/t27-,31+,32+,33-,34+,35+,36+,37+,38-,39+,40-,41-,45-,46+,47+,48+,49-,50+,51+/m1/s1. The minimum atomic E-state index is -0.958. The fourth-order valence-electron chi connectivity index (χ4n) is 12.9. The highest BCUT2D eigenvalue weighted by atomic mass is 16.8. The molecule has 10 fully saturated rings. The number of ketones is 1. The van der Waals surface area contributed by atoms with Crippen LogP contribution in [0.2, 0.25) is 0 Å². The molecule has 69 heavy (non-hydrogen) atoms. The summed E-state index contributed by atoms with van der Waals surface area (Å²) < 4.78 is 71.5. The largest absolute Gasteiger partial charge is 0.391 e. The van der Waals surface area contributed by atoms with Gasteiger partial charge in [-0.2, -0.15) is 0 Å². The van der Waals surface area contributed by atoms with Crippen LogP contribution in [0.15, 0.2) is 36.5 Å². The van der Waals surface area contributed by atoms with Crippen molar-refractivity contribution in [3.63, 3.8) is 0 Å². The third kappa shape index (κ3) is 10.7. The van der Waals surface area contributed by atoms with Crippen molar-refractivity contribution in [1.29, 1.82) is 0 Å². The average molecular weight is 969 g/mol. The van der Waals surface area contributed by atoms with Gasteiger partial charge in [0.05, 0.1) is 100 Å².